The normalized spacial score (nSPS) is 17.5. The van der Waals surface area contributed by atoms with E-state index < -0.39 is 35.2 Å². The van der Waals surface area contributed by atoms with Crippen LogP contribution < -0.4 is 4.74 Å². The fraction of sp³-hybridized carbons (Fsp3) is 0.310. The zero-order valence-electron chi connectivity index (χ0n) is 21.6. The van der Waals surface area contributed by atoms with E-state index in [9.17, 15) is 27.9 Å². The van der Waals surface area contributed by atoms with E-state index in [4.69, 9.17) is 9.15 Å². The largest absolute Gasteiger partial charge is 0.507 e. The third-order valence-corrected chi connectivity index (χ3v) is 6.63. The highest BCUT2D eigenvalue weighted by Gasteiger charge is 2.48. The van der Waals surface area contributed by atoms with Crippen molar-refractivity contribution in [1.82, 2.24) is 4.90 Å². The summed E-state index contributed by atoms with van der Waals surface area (Å²) in [5.74, 6) is -0.914. The molecule has 1 saturated heterocycles. The molecule has 4 rings (SSSR count). The highest BCUT2D eigenvalue weighted by atomic mass is 19.4. The second-order valence-electron chi connectivity index (χ2n) is 9.64. The summed E-state index contributed by atoms with van der Waals surface area (Å²) in [6, 6.07) is 10.1. The maximum absolute atomic E-state index is 13.3. The van der Waals surface area contributed by atoms with Crippen molar-refractivity contribution in [2.75, 3.05) is 7.11 Å². The van der Waals surface area contributed by atoms with Gasteiger partial charge in [0.2, 0.25) is 0 Å². The van der Waals surface area contributed by atoms with Crippen molar-refractivity contribution in [2.45, 2.75) is 52.4 Å². The number of nitrogens with zero attached hydrogens (tertiary/aromatic N) is 1. The molecule has 2 heterocycles. The molecule has 1 N–H and O–H groups in total. The average Bonchev–Trinajstić information content (AvgIpc) is 3.39. The maximum Gasteiger partial charge on any atom is 0.416 e. The number of hydrogen-bond donors (Lipinski definition) is 1. The second-order valence-corrected chi connectivity index (χ2v) is 9.64. The van der Waals surface area contributed by atoms with Crippen LogP contribution in [0.4, 0.5) is 13.2 Å². The first-order valence-electron chi connectivity index (χ1n) is 12.0. The smallest absolute Gasteiger partial charge is 0.416 e. The Balaban J connectivity index is 1.88. The number of halogens is 3. The first-order chi connectivity index (χ1) is 17.8. The number of ether oxygens (including phenoxy) is 1. The summed E-state index contributed by atoms with van der Waals surface area (Å²) in [5.41, 5.74) is 0.870. The lowest BCUT2D eigenvalue weighted by Crippen LogP contribution is -2.29. The van der Waals surface area contributed by atoms with E-state index in [2.05, 4.69) is 0 Å². The monoisotopic (exact) mass is 527 g/mol. The van der Waals surface area contributed by atoms with E-state index in [1.54, 1.807) is 45.2 Å². The summed E-state index contributed by atoms with van der Waals surface area (Å²) in [5, 5.41) is 11.5. The highest BCUT2D eigenvalue weighted by Crippen LogP contribution is 2.42. The van der Waals surface area contributed by atoms with Gasteiger partial charge in [0.05, 0.1) is 18.2 Å². The zero-order valence-corrected chi connectivity index (χ0v) is 21.6. The number of furan rings is 1. The fourth-order valence-electron chi connectivity index (χ4n) is 4.71. The molecule has 1 fully saturated rings. The van der Waals surface area contributed by atoms with E-state index in [0.29, 0.717) is 22.6 Å². The van der Waals surface area contributed by atoms with Gasteiger partial charge in [0, 0.05) is 12.1 Å². The standard InChI is InChI=1S/C29H28F3NO5/c1-15(2)20-13-21(16(3)11-23(20)37-5)26(34)24-25(22-10-9-17(4)38-22)33(28(36)27(24)35)14-18-7-6-8-19(12-18)29(30,31)32/h6-13,15,25,34H,14H2,1-5H3/b26-24+. The summed E-state index contributed by atoms with van der Waals surface area (Å²) in [6.07, 6.45) is -4.57. The molecule has 0 aliphatic carbocycles. The molecule has 0 bridgehead atoms. The Labute approximate surface area is 218 Å². The minimum atomic E-state index is -4.57. The molecule has 200 valence electrons. The van der Waals surface area contributed by atoms with Crippen molar-refractivity contribution < 1.29 is 37.0 Å². The van der Waals surface area contributed by atoms with Crippen LogP contribution in [0.25, 0.3) is 5.76 Å². The first kappa shape index (κ1) is 27.0. The van der Waals surface area contributed by atoms with Crippen LogP contribution in [0.15, 0.2) is 58.5 Å². The van der Waals surface area contributed by atoms with Gasteiger partial charge in [-0.2, -0.15) is 13.2 Å². The van der Waals surface area contributed by atoms with E-state index >= 15 is 0 Å². The Morgan fingerprint density at radius 2 is 1.82 bits per heavy atom. The van der Waals surface area contributed by atoms with Crippen LogP contribution in [-0.2, 0) is 22.3 Å². The number of carbonyl (C=O) groups excluding carboxylic acids is 2. The third-order valence-electron chi connectivity index (χ3n) is 6.63. The highest BCUT2D eigenvalue weighted by molar-refractivity contribution is 6.46. The van der Waals surface area contributed by atoms with Crippen molar-refractivity contribution >= 4 is 17.4 Å². The predicted molar refractivity (Wildman–Crippen MR) is 135 cm³/mol. The minimum Gasteiger partial charge on any atom is -0.507 e. The molecule has 1 aliphatic heterocycles. The molecule has 0 saturated carbocycles. The number of likely N-dealkylation sites (tertiary alicyclic amines) is 1. The molecule has 1 atom stereocenters. The minimum absolute atomic E-state index is 0.0314. The topological polar surface area (TPSA) is 80.0 Å². The van der Waals surface area contributed by atoms with Crippen molar-refractivity contribution in [1.29, 1.82) is 0 Å². The molecule has 6 nitrogen and oxygen atoms in total. The molecule has 0 spiro atoms. The molecule has 2 aromatic carbocycles. The first-order valence-corrected chi connectivity index (χ1v) is 12.0. The van der Waals surface area contributed by atoms with Crippen LogP contribution in [-0.4, -0.2) is 28.8 Å². The number of aryl methyl sites for hydroxylation is 2. The lowest BCUT2D eigenvalue weighted by atomic mass is 9.92. The van der Waals surface area contributed by atoms with Gasteiger partial charge in [-0.25, -0.2) is 0 Å². The molecule has 9 heteroatoms. The zero-order chi connectivity index (χ0) is 27.9. The number of aliphatic hydroxyl groups is 1. The maximum atomic E-state index is 13.3. The van der Waals surface area contributed by atoms with E-state index in [0.717, 1.165) is 22.6 Å². The van der Waals surface area contributed by atoms with Gasteiger partial charge >= 0.3 is 6.18 Å². The lowest BCUT2D eigenvalue weighted by Gasteiger charge is -2.24. The Bertz CT molecular complexity index is 1430. The second kappa shape index (κ2) is 10.0. The molecule has 1 aliphatic rings. The average molecular weight is 528 g/mol. The third kappa shape index (κ3) is 4.92. The van der Waals surface area contributed by atoms with Crippen molar-refractivity contribution in [3.8, 4) is 5.75 Å². The molecule has 1 unspecified atom stereocenters. The Kier molecular flexibility index (Phi) is 7.14. The number of methoxy groups -OCH3 is 1. The number of rotatable bonds is 6. The van der Waals surface area contributed by atoms with Gasteiger partial charge in [-0.3, -0.25) is 9.59 Å². The Morgan fingerprint density at radius 3 is 2.39 bits per heavy atom. The molecule has 1 aromatic heterocycles. The summed E-state index contributed by atoms with van der Waals surface area (Å²) in [7, 11) is 1.54. The van der Waals surface area contributed by atoms with Crippen LogP contribution in [0.3, 0.4) is 0 Å². The molecular formula is C29H28F3NO5. The van der Waals surface area contributed by atoms with Crippen LogP contribution in [0, 0.1) is 13.8 Å². The number of benzene rings is 2. The van der Waals surface area contributed by atoms with Crippen LogP contribution in [0.1, 0.15) is 65.1 Å². The summed E-state index contributed by atoms with van der Waals surface area (Å²) in [4.78, 5) is 27.7. The van der Waals surface area contributed by atoms with E-state index in [1.807, 2.05) is 13.8 Å². The van der Waals surface area contributed by atoms with Crippen molar-refractivity contribution in [3.05, 3.63) is 93.4 Å². The van der Waals surface area contributed by atoms with Crippen LogP contribution in [0.5, 0.6) is 5.75 Å². The Morgan fingerprint density at radius 1 is 1.11 bits per heavy atom. The van der Waals surface area contributed by atoms with Gasteiger partial charge in [-0.1, -0.05) is 26.0 Å². The molecular weight excluding hydrogens is 499 g/mol. The van der Waals surface area contributed by atoms with Gasteiger partial charge < -0.3 is 19.2 Å². The SMILES string of the molecule is COc1cc(C)c(/C(O)=C2\C(=O)C(=O)N(Cc3cccc(C(F)(F)F)c3)C2c2ccc(C)o2)cc1C(C)C. The fourth-order valence-corrected chi connectivity index (χ4v) is 4.71. The summed E-state index contributed by atoms with van der Waals surface area (Å²) in [6.45, 7) is 7.04. The van der Waals surface area contributed by atoms with Crippen molar-refractivity contribution in [2.24, 2.45) is 0 Å². The molecule has 3 aromatic rings. The number of carbonyl (C=O) groups is 2. The van der Waals surface area contributed by atoms with Crippen molar-refractivity contribution in [3.63, 3.8) is 0 Å². The van der Waals surface area contributed by atoms with Crippen LogP contribution >= 0.6 is 0 Å². The summed E-state index contributed by atoms with van der Waals surface area (Å²) >= 11 is 0. The molecule has 1 amide bonds. The van der Waals surface area contributed by atoms with E-state index in [1.165, 1.54) is 12.1 Å². The van der Waals surface area contributed by atoms with Gasteiger partial charge in [0.15, 0.2) is 0 Å². The van der Waals surface area contributed by atoms with Gasteiger partial charge in [0.25, 0.3) is 11.7 Å². The van der Waals surface area contributed by atoms with Gasteiger partial charge in [-0.15, -0.1) is 0 Å². The predicted octanol–water partition coefficient (Wildman–Crippen LogP) is 6.67. The molecule has 38 heavy (non-hydrogen) atoms. The summed E-state index contributed by atoms with van der Waals surface area (Å²) < 4.78 is 51.1. The number of amides is 1. The molecule has 0 radical (unpaired) electrons. The van der Waals surface area contributed by atoms with Crippen LogP contribution in [0.2, 0.25) is 0 Å². The Hall–Kier alpha value is -4.01. The number of Topliss-reactive ketones (excluding diaryl/α,β-unsaturated/α-hetero) is 1. The van der Waals surface area contributed by atoms with Gasteiger partial charge in [-0.05, 0) is 72.9 Å². The lowest BCUT2D eigenvalue weighted by molar-refractivity contribution is -0.140. The quantitative estimate of drug-likeness (QED) is 0.220. The number of hydrogen-bond acceptors (Lipinski definition) is 5. The number of aliphatic hydroxyl groups excluding tert-OH is 1. The number of alkyl halides is 3. The van der Waals surface area contributed by atoms with Gasteiger partial charge in [0.1, 0.15) is 29.1 Å². The number of ketones is 1. The van der Waals surface area contributed by atoms with E-state index in [-0.39, 0.29) is 29.4 Å².